The van der Waals surface area contributed by atoms with Gasteiger partial charge >= 0.3 is 6.11 Å². The molecule has 0 unspecified atom stereocenters. The molecule has 0 amide bonds. The third kappa shape index (κ3) is 4.64. The van der Waals surface area contributed by atoms with Crippen molar-refractivity contribution in [2.75, 3.05) is 0 Å². The van der Waals surface area contributed by atoms with Crippen molar-refractivity contribution in [2.45, 2.75) is 39.2 Å². The lowest BCUT2D eigenvalue weighted by atomic mass is 9.99. The van der Waals surface area contributed by atoms with Gasteiger partial charge < -0.3 is 4.74 Å². The molecule has 0 saturated carbocycles. The Bertz CT molecular complexity index is 995. The lowest BCUT2D eigenvalue weighted by Gasteiger charge is -2.19. The van der Waals surface area contributed by atoms with Crippen LogP contribution in [0.2, 0.25) is 0 Å². The van der Waals surface area contributed by atoms with Crippen LogP contribution < -0.4 is 4.74 Å². The summed E-state index contributed by atoms with van der Waals surface area (Å²) in [5, 5.41) is 0. The minimum atomic E-state index is -3.55. The molecule has 0 N–H and O–H groups in total. The molecule has 0 aromatic heterocycles. The molecule has 0 bridgehead atoms. The lowest BCUT2D eigenvalue weighted by Crippen LogP contribution is -2.21. The van der Waals surface area contributed by atoms with E-state index in [0.717, 1.165) is 18.4 Å². The fourth-order valence-corrected chi connectivity index (χ4v) is 3.24. The number of rotatable bonds is 7. The number of hydrogen-bond acceptors (Lipinski definition) is 1. The molecule has 0 aliphatic rings. The van der Waals surface area contributed by atoms with Crippen molar-refractivity contribution in [1.29, 1.82) is 0 Å². The largest absolute Gasteiger partial charge is 0.429 e. The van der Waals surface area contributed by atoms with E-state index < -0.39 is 23.9 Å². The van der Waals surface area contributed by atoms with Crippen LogP contribution in [0.1, 0.15) is 42.0 Å². The third-order valence-corrected chi connectivity index (χ3v) is 4.86. The quantitative estimate of drug-likeness (QED) is 0.354. The van der Waals surface area contributed by atoms with Gasteiger partial charge in [0.1, 0.15) is 11.6 Å². The predicted octanol–water partition coefficient (Wildman–Crippen LogP) is 7.82. The van der Waals surface area contributed by atoms with Gasteiger partial charge in [-0.2, -0.15) is 8.78 Å². The normalized spacial score (nSPS) is 11.7. The zero-order valence-corrected chi connectivity index (χ0v) is 16.6. The summed E-state index contributed by atoms with van der Waals surface area (Å²) in [5.74, 6) is -1.14. The van der Waals surface area contributed by atoms with Crippen LogP contribution in [-0.2, 0) is 12.5 Å². The smallest absolute Gasteiger partial charge is 0.426 e. The van der Waals surface area contributed by atoms with Crippen molar-refractivity contribution < 1.29 is 26.7 Å². The van der Waals surface area contributed by atoms with Crippen molar-refractivity contribution in [1.82, 2.24) is 0 Å². The molecule has 1 nitrogen and oxygen atoms in total. The first-order valence-corrected chi connectivity index (χ1v) is 9.56. The van der Waals surface area contributed by atoms with Gasteiger partial charge in [0.25, 0.3) is 6.43 Å². The fraction of sp³-hybridized carbons (Fsp3) is 0.250. The molecule has 0 saturated heterocycles. The number of halogens is 5. The number of ether oxygens (including phenoxy) is 1. The molecule has 6 heteroatoms. The maximum atomic E-state index is 14.5. The van der Waals surface area contributed by atoms with Crippen LogP contribution >= 0.6 is 0 Å². The van der Waals surface area contributed by atoms with Crippen LogP contribution in [0.15, 0.2) is 60.7 Å². The summed E-state index contributed by atoms with van der Waals surface area (Å²) in [6.45, 7) is 3.41. The van der Waals surface area contributed by atoms with Crippen LogP contribution in [0.5, 0.6) is 5.75 Å². The molecular weight excluding hydrogens is 399 g/mol. The molecular formula is C24H21F5O. The summed E-state index contributed by atoms with van der Waals surface area (Å²) < 4.78 is 74.5. The Balaban J connectivity index is 1.81. The van der Waals surface area contributed by atoms with E-state index >= 15 is 0 Å². The standard InChI is InChI=1S/C24H21F5O/c1-3-4-16-6-10-18(11-7-16)24(28,29)30-19-12-8-17(9-13-19)20-14-5-15(2)21(22(20)25)23(26)27/h5-14,23H,3-4H2,1-2H3. The summed E-state index contributed by atoms with van der Waals surface area (Å²) in [5.41, 5.74) is 0.429. The third-order valence-electron chi connectivity index (χ3n) is 4.86. The zero-order valence-electron chi connectivity index (χ0n) is 16.6. The van der Waals surface area contributed by atoms with Gasteiger partial charge in [0, 0.05) is 5.56 Å². The van der Waals surface area contributed by atoms with Crippen molar-refractivity contribution in [3.8, 4) is 16.9 Å². The summed E-state index contributed by atoms with van der Waals surface area (Å²) in [6, 6.07) is 14.0. The number of alkyl halides is 4. The van der Waals surface area contributed by atoms with Crippen LogP contribution in [0.4, 0.5) is 22.0 Å². The van der Waals surface area contributed by atoms with Gasteiger partial charge in [-0.25, -0.2) is 13.2 Å². The second-order valence-electron chi connectivity index (χ2n) is 7.05. The molecule has 0 heterocycles. The van der Waals surface area contributed by atoms with Gasteiger partial charge in [-0.05, 0) is 54.3 Å². The SMILES string of the molecule is CCCc1ccc(C(F)(F)Oc2ccc(-c3ccc(C)c(C(F)F)c3F)cc2)cc1. The van der Waals surface area contributed by atoms with Gasteiger partial charge in [0.05, 0.1) is 11.1 Å². The molecule has 0 radical (unpaired) electrons. The number of aryl methyl sites for hydroxylation is 2. The van der Waals surface area contributed by atoms with E-state index in [1.54, 1.807) is 12.1 Å². The highest BCUT2D eigenvalue weighted by molar-refractivity contribution is 5.66. The van der Waals surface area contributed by atoms with E-state index in [1.165, 1.54) is 55.5 Å². The Morgan fingerprint density at radius 1 is 0.900 bits per heavy atom. The van der Waals surface area contributed by atoms with Gasteiger partial charge in [-0.3, -0.25) is 0 Å². The van der Waals surface area contributed by atoms with Crippen LogP contribution in [0.25, 0.3) is 11.1 Å². The summed E-state index contributed by atoms with van der Waals surface area (Å²) in [6.07, 6.45) is -4.78. The van der Waals surface area contributed by atoms with Crippen molar-refractivity contribution in [2.24, 2.45) is 0 Å². The van der Waals surface area contributed by atoms with Crippen molar-refractivity contribution >= 4 is 0 Å². The Labute approximate surface area is 172 Å². The minimum absolute atomic E-state index is 0.0271. The second-order valence-corrected chi connectivity index (χ2v) is 7.05. The highest BCUT2D eigenvalue weighted by Gasteiger charge is 2.34. The van der Waals surface area contributed by atoms with Crippen molar-refractivity contribution in [3.05, 3.63) is 88.7 Å². The monoisotopic (exact) mass is 420 g/mol. The summed E-state index contributed by atoms with van der Waals surface area (Å²) in [7, 11) is 0. The maximum Gasteiger partial charge on any atom is 0.426 e. The van der Waals surface area contributed by atoms with E-state index in [-0.39, 0.29) is 28.0 Å². The van der Waals surface area contributed by atoms with E-state index in [9.17, 15) is 22.0 Å². The number of hydrogen-bond donors (Lipinski definition) is 0. The predicted molar refractivity (Wildman–Crippen MR) is 106 cm³/mol. The van der Waals surface area contributed by atoms with Crippen LogP contribution in [-0.4, -0.2) is 0 Å². The molecule has 158 valence electrons. The average molecular weight is 420 g/mol. The van der Waals surface area contributed by atoms with Gasteiger partial charge in [-0.15, -0.1) is 0 Å². The van der Waals surface area contributed by atoms with Gasteiger partial charge in [0.15, 0.2) is 0 Å². The molecule has 3 rings (SSSR count). The van der Waals surface area contributed by atoms with E-state index in [4.69, 9.17) is 4.74 Å². The Kier molecular flexibility index (Phi) is 6.44. The molecule has 3 aromatic carbocycles. The summed E-state index contributed by atoms with van der Waals surface area (Å²) >= 11 is 0. The van der Waals surface area contributed by atoms with Gasteiger partial charge in [-0.1, -0.05) is 49.7 Å². The first-order valence-electron chi connectivity index (χ1n) is 9.56. The number of benzene rings is 3. The fourth-order valence-electron chi connectivity index (χ4n) is 3.24. The Morgan fingerprint density at radius 3 is 2.10 bits per heavy atom. The van der Waals surface area contributed by atoms with Crippen molar-refractivity contribution in [3.63, 3.8) is 0 Å². The zero-order chi connectivity index (χ0) is 21.9. The van der Waals surface area contributed by atoms with Gasteiger partial charge in [0.2, 0.25) is 0 Å². The molecule has 0 aliphatic heterocycles. The topological polar surface area (TPSA) is 9.23 Å². The molecule has 0 fully saturated rings. The average Bonchev–Trinajstić information content (AvgIpc) is 2.69. The van der Waals surface area contributed by atoms with E-state index in [0.29, 0.717) is 0 Å². The highest BCUT2D eigenvalue weighted by Crippen LogP contribution is 2.35. The Hall–Kier alpha value is -2.89. The molecule has 30 heavy (non-hydrogen) atoms. The lowest BCUT2D eigenvalue weighted by molar-refractivity contribution is -0.185. The Morgan fingerprint density at radius 2 is 1.53 bits per heavy atom. The maximum absolute atomic E-state index is 14.5. The minimum Gasteiger partial charge on any atom is -0.429 e. The van der Waals surface area contributed by atoms with E-state index in [2.05, 4.69) is 0 Å². The van der Waals surface area contributed by atoms with E-state index in [1.807, 2.05) is 6.92 Å². The highest BCUT2D eigenvalue weighted by atomic mass is 19.3. The second kappa shape index (κ2) is 8.86. The molecule has 0 aliphatic carbocycles. The van der Waals surface area contributed by atoms with Crippen LogP contribution in [0.3, 0.4) is 0 Å². The molecule has 0 spiro atoms. The first-order chi connectivity index (χ1) is 14.2. The molecule has 0 atom stereocenters. The first kappa shape index (κ1) is 21.8. The summed E-state index contributed by atoms with van der Waals surface area (Å²) in [4.78, 5) is 0. The molecule has 3 aromatic rings. The van der Waals surface area contributed by atoms with Crippen LogP contribution in [0, 0.1) is 12.7 Å².